The molecule has 7 nitrogen and oxygen atoms in total. The molecular formula is C36H39N5O2S. The summed E-state index contributed by atoms with van der Waals surface area (Å²) in [5, 5.41) is 0. The lowest BCUT2D eigenvalue weighted by atomic mass is 9.95. The number of nitrogens with zero attached hydrogens (tertiary/aromatic N) is 4. The summed E-state index contributed by atoms with van der Waals surface area (Å²) in [5.74, 6) is 1.36. The maximum atomic E-state index is 13.5. The van der Waals surface area contributed by atoms with Crippen molar-refractivity contribution in [1.29, 1.82) is 0 Å². The highest BCUT2D eigenvalue weighted by Crippen LogP contribution is 2.44. The Morgan fingerprint density at radius 2 is 1.55 bits per heavy atom. The smallest absolute Gasteiger partial charge is 0.269 e. The molecule has 8 heteroatoms. The number of aryl methyl sites for hydroxylation is 1. The second kappa shape index (κ2) is 12.3. The van der Waals surface area contributed by atoms with E-state index in [2.05, 4.69) is 79.1 Å². The summed E-state index contributed by atoms with van der Waals surface area (Å²) in [6.45, 7) is 9.95. The first kappa shape index (κ1) is 29.7. The number of rotatable bonds is 10. The molecule has 6 rings (SSSR count). The minimum absolute atomic E-state index is 0.143. The maximum Gasteiger partial charge on any atom is 0.269 e. The number of nitrogen functional groups attached to an aromatic ring is 1. The average molecular weight is 606 g/mol. The normalized spacial score (nSPS) is 18.6. The highest BCUT2D eigenvalue weighted by molar-refractivity contribution is 7.90. The summed E-state index contributed by atoms with van der Waals surface area (Å²) in [6.07, 6.45) is 7.12. The molecule has 3 unspecified atom stereocenters. The van der Waals surface area contributed by atoms with E-state index in [1.54, 1.807) is 36.4 Å². The van der Waals surface area contributed by atoms with Gasteiger partial charge in [-0.25, -0.2) is 17.4 Å². The predicted molar refractivity (Wildman–Crippen MR) is 177 cm³/mol. The van der Waals surface area contributed by atoms with Crippen molar-refractivity contribution in [1.82, 2.24) is 18.4 Å². The largest absolute Gasteiger partial charge is 0.383 e. The molecule has 0 radical (unpaired) electrons. The lowest BCUT2D eigenvalue weighted by Gasteiger charge is -2.29. The van der Waals surface area contributed by atoms with E-state index in [1.165, 1.54) is 17.3 Å². The summed E-state index contributed by atoms with van der Waals surface area (Å²) in [6, 6.07) is 30.2. The third kappa shape index (κ3) is 5.75. The van der Waals surface area contributed by atoms with Crippen LogP contribution in [0.2, 0.25) is 0 Å². The lowest BCUT2D eigenvalue weighted by molar-refractivity contribution is 0.176. The van der Waals surface area contributed by atoms with Gasteiger partial charge in [0.1, 0.15) is 11.6 Å². The van der Waals surface area contributed by atoms with Gasteiger partial charge in [0, 0.05) is 43.1 Å². The molecule has 1 aliphatic carbocycles. The zero-order chi connectivity index (χ0) is 30.8. The quantitative estimate of drug-likeness (QED) is 0.185. The van der Waals surface area contributed by atoms with Crippen LogP contribution >= 0.6 is 0 Å². The van der Waals surface area contributed by atoms with E-state index in [0.29, 0.717) is 23.5 Å². The molecule has 1 saturated carbocycles. The van der Waals surface area contributed by atoms with Crippen molar-refractivity contribution in [3.8, 4) is 5.69 Å². The fourth-order valence-electron chi connectivity index (χ4n) is 6.56. The summed E-state index contributed by atoms with van der Waals surface area (Å²) >= 11 is 0. The molecule has 5 aromatic rings. The van der Waals surface area contributed by atoms with Gasteiger partial charge in [0.25, 0.3) is 10.0 Å². The monoisotopic (exact) mass is 605 g/mol. The molecule has 2 aromatic heterocycles. The van der Waals surface area contributed by atoms with E-state index in [-0.39, 0.29) is 16.6 Å². The van der Waals surface area contributed by atoms with Crippen LogP contribution in [0.4, 0.5) is 5.82 Å². The molecule has 0 saturated heterocycles. The highest BCUT2D eigenvalue weighted by Gasteiger charge is 2.38. The molecule has 44 heavy (non-hydrogen) atoms. The van der Waals surface area contributed by atoms with Crippen LogP contribution in [0, 0.1) is 12.8 Å². The summed E-state index contributed by atoms with van der Waals surface area (Å²) in [7, 11) is -3.87. The topological polar surface area (TPSA) is 86.2 Å². The van der Waals surface area contributed by atoms with Gasteiger partial charge in [0.15, 0.2) is 0 Å². The molecule has 0 amide bonds. The Morgan fingerprint density at radius 3 is 2.14 bits per heavy atom. The summed E-state index contributed by atoms with van der Waals surface area (Å²) < 4.78 is 30.2. The first-order chi connectivity index (χ1) is 21.3. The van der Waals surface area contributed by atoms with Crippen LogP contribution in [0.5, 0.6) is 0 Å². The molecule has 3 atom stereocenters. The van der Waals surface area contributed by atoms with Crippen molar-refractivity contribution in [2.45, 2.75) is 56.6 Å². The Kier molecular flexibility index (Phi) is 8.29. The Bertz CT molecular complexity index is 1800. The van der Waals surface area contributed by atoms with Crippen LogP contribution in [0.3, 0.4) is 0 Å². The van der Waals surface area contributed by atoms with Crippen molar-refractivity contribution < 1.29 is 8.42 Å². The molecular weight excluding hydrogens is 566 g/mol. The first-order valence-corrected chi connectivity index (χ1v) is 16.5. The minimum Gasteiger partial charge on any atom is -0.383 e. The maximum absolute atomic E-state index is 13.5. The van der Waals surface area contributed by atoms with Crippen molar-refractivity contribution >= 4 is 21.9 Å². The van der Waals surface area contributed by atoms with Crippen molar-refractivity contribution in [3.63, 3.8) is 0 Å². The van der Waals surface area contributed by atoms with Crippen molar-refractivity contribution in [2.75, 3.05) is 5.73 Å². The predicted octanol–water partition coefficient (Wildman–Crippen LogP) is 7.03. The van der Waals surface area contributed by atoms with Gasteiger partial charge in [0.2, 0.25) is 0 Å². The van der Waals surface area contributed by atoms with Gasteiger partial charge in [-0.2, -0.15) is 0 Å². The number of anilines is 1. The van der Waals surface area contributed by atoms with Crippen molar-refractivity contribution in [2.24, 2.45) is 5.92 Å². The molecule has 0 bridgehead atoms. The van der Waals surface area contributed by atoms with Gasteiger partial charge in [0.05, 0.1) is 10.6 Å². The second-order valence-corrected chi connectivity index (χ2v) is 13.7. The number of aromatic nitrogens is 3. The van der Waals surface area contributed by atoms with Gasteiger partial charge in [-0.05, 0) is 61.1 Å². The van der Waals surface area contributed by atoms with E-state index >= 15 is 0 Å². The molecule has 0 spiro atoms. The third-order valence-electron chi connectivity index (χ3n) is 8.90. The number of nitrogens with two attached hydrogens (primary N) is 1. The van der Waals surface area contributed by atoms with Crippen LogP contribution in [0.15, 0.2) is 115 Å². The number of hydrogen-bond acceptors (Lipinski definition) is 5. The number of benzene rings is 3. The Balaban J connectivity index is 1.33. The van der Waals surface area contributed by atoms with E-state index in [0.717, 1.165) is 41.2 Å². The van der Waals surface area contributed by atoms with Crippen LogP contribution in [0.25, 0.3) is 11.8 Å². The van der Waals surface area contributed by atoms with E-state index in [4.69, 9.17) is 10.7 Å². The zero-order valence-electron chi connectivity index (χ0n) is 25.3. The van der Waals surface area contributed by atoms with Crippen LogP contribution < -0.4 is 5.73 Å². The van der Waals surface area contributed by atoms with E-state index in [1.807, 2.05) is 17.7 Å². The van der Waals surface area contributed by atoms with E-state index in [9.17, 15) is 8.42 Å². The van der Waals surface area contributed by atoms with Crippen molar-refractivity contribution in [3.05, 3.63) is 138 Å². The Hall–Kier alpha value is -4.40. The summed E-state index contributed by atoms with van der Waals surface area (Å²) in [4.78, 5) is 7.48. The molecule has 226 valence electrons. The first-order valence-electron chi connectivity index (χ1n) is 15.1. The van der Waals surface area contributed by atoms with Gasteiger partial charge in [-0.1, -0.05) is 91.9 Å². The number of hydrogen-bond donors (Lipinski definition) is 1. The third-order valence-corrected chi connectivity index (χ3v) is 10.6. The van der Waals surface area contributed by atoms with Gasteiger partial charge >= 0.3 is 0 Å². The standard InChI is InChI=1S/C36H39N5O2S/c1-4-35-38-23-34(41(35)33-19-20-40(36(33)37)44(42,43)31-17-15-26(2)16-18-31)32-22-30(21-27(32)3)39(24-28-11-7-5-8-12-28)25-29-13-9-6-10-14-29/h4-20,23,27,30,32H,1,21-22,24-25,37H2,2-3H3. The number of imidazole rings is 1. The van der Waals surface area contributed by atoms with Crippen LogP contribution in [-0.4, -0.2) is 32.9 Å². The molecule has 1 fully saturated rings. The Labute approximate surface area is 260 Å². The lowest BCUT2D eigenvalue weighted by Crippen LogP contribution is -2.32. The molecule has 1 aliphatic rings. The van der Waals surface area contributed by atoms with Gasteiger partial charge in [-0.3, -0.25) is 9.47 Å². The minimum atomic E-state index is -3.87. The SMILES string of the molecule is C=Cc1ncc(C2CC(N(Cc3ccccc3)Cc3ccccc3)CC2C)n1-c1ccn(S(=O)(=O)c2ccc(C)cc2)c1N. The Morgan fingerprint density at radius 1 is 0.932 bits per heavy atom. The van der Waals surface area contributed by atoms with Crippen LogP contribution in [-0.2, 0) is 23.1 Å². The average Bonchev–Trinajstić information content (AvgIpc) is 3.74. The molecule has 2 N–H and O–H groups in total. The summed E-state index contributed by atoms with van der Waals surface area (Å²) in [5.41, 5.74) is 11.8. The van der Waals surface area contributed by atoms with Gasteiger partial charge < -0.3 is 5.73 Å². The second-order valence-electron chi connectivity index (χ2n) is 11.9. The molecule has 0 aliphatic heterocycles. The zero-order valence-corrected chi connectivity index (χ0v) is 26.1. The fourth-order valence-corrected chi connectivity index (χ4v) is 7.84. The van der Waals surface area contributed by atoms with Gasteiger partial charge in [-0.15, -0.1) is 0 Å². The molecule has 2 heterocycles. The highest BCUT2D eigenvalue weighted by atomic mass is 32.2. The molecule has 3 aromatic carbocycles. The van der Waals surface area contributed by atoms with Crippen LogP contribution in [0.1, 0.15) is 53.9 Å². The fraction of sp³-hybridized carbons (Fsp3) is 0.250. The van der Waals surface area contributed by atoms with E-state index < -0.39 is 10.0 Å².